The van der Waals surface area contributed by atoms with Crippen molar-refractivity contribution in [3.05, 3.63) is 127 Å². The first-order valence-corrected chi connectivity index (χ1v) is 21.7. The number of aromatic nitrogens is 2. The van der Waals surface area contributed by atoms with Gasteiger partial charge in [0.15, 0.2) is 0 Å². The molecule has 0 aliphatic heterocycles. The molecular weight excluding hydrogens is 777 g/mol. The molecule has 44 heavy (non-hydrogen) atoms. The Morgan fingerprint density at radius 2 is 1.61 bits per heavy atom. The molecule has 3 nitrogen and oxygen atoms in total. The van der Waals surface area contributed by atoms with Crippen LogP contribution >= 0.6 is 0 Å². The molecule has 0 spiro atoms. The van der Waals surface area contributed by atoms with Crippen molar-refractivity contribution in [3.63, 3.8) is 0 Å². The largest absolute Gasteiger partial charge is 0.501 e. The topological polar surface area (TPSA) is 38.9 Å². The normalized spacial score (nSPS) is 13.6. The van der Waals surface area contributed by atoms with Crippen LogP contribution in [0.5, 0.6) is 0 Å². The molecule has 3 heterocycles. The maximum absolute atomic E-state index is 8.44. The molecule has 3 aromatic heterocycles. The molecule has 223 valence electrons. The van der Waals surface area contributed by atoms with E-state index in [4.69, 9.17) is 11.3 Å². The molecular formula is C39H36GeIrN2O-2. The standard InChI is InChI=1S/C22H14NO.C17H22GeN.Ir/c1-14-9-10-23-20(11-14)18-8-4-7-17-19-12-15-5-2-3-6-16(15)13-21(19)24-22(17)18;1-13(2)15-11-17(14-9-7-6-8-10-14)19-12-16(15)18(3,4)5;/h2-7,9-13H,1H3;6-9,11-13H,1-5H3;/q2*-1;/i1D3,10D;13D;. The molecule has 5 heteroatoms. The number of hydrogen-bond acceptors (Lipinski definition) is 3. The van der Waals surface area contributed by atoms with Crippen LogP contribution in [0.3, 0.4) is 0 Å². The summed E-state index contributed by atoms with van der Waals surface area (Å²) in [4.78, 5) is 8.84. The molecule has 7 aromatic rings. The summed E-state index contributed by atoms with van der Waals surface area (Å²) in [6, 6.07) is 34.9. The third-order valence-electron chi connectivity index (χ3n) is 7.49. The SMILES string of the molecule is [2H]C(C)(C)c1cc(-c2[c-]cccc2)nc[c]1[Ge]([CH3])([CH3])[CH3].[2H]c1cc(C([2H])([2H])[2H])cc(-c2[c-]ccc3c2oc2cc4ccccc4cc23)n1.[Ir]. The van der Waals surface area contributed by atoms with Crippen molar-refractivity contribution >= 4 is 50.4 Å². The molecule has 0 aliphatic rings. The molecule has 0 bridgehead atoms. The zero-order chi connectivity index (χ0) is 34.4. The van der Waals surface area contributed by atoms with Crippen molar-refractivity contribution in [2.24, 2.45) is 0 Å². The van der Waals surface area contributed by atoms with Gasteiger partial charge in [0.1, 0.15) is 5.58 Å². The maximum Gasteiger partial charge on any atom is 0.121 e. The van der Waals surface area contributed by atoms with Crippen LogP contribution in [0.15, 0.2) is 108 Å². The van der Waals surface area contributed by atoms with Gasteiger partial charge in [-0.15, -0.1) is 18.2 Å². The second-order valence-electron chi connectivity index (χ2n) is 11.9. The number of hydrogen-bond donors (Lipinski definition) is 0. The predicted octanol–water partition coefficient (Wildman–Crippen LogP) is 10.1. The minimum Gasteiger partial charge on any atom is -0.501 e. The number of nitrogens with zero attached hydrogens (tertiary/aromatic N) is 2. The Hall–Kier alpha value is -3.57. The van der Waals surface area contributed by atoms with E-state index >= 15 is 0 Å². The van der Waals surface area contributed by atoms with Crippen LogP contribution in [0.2, 0.25) is 17.3 Å². The zero-order valence-electron chi connectivity index (χ0n) is 30.4. The average Bonchev–Trinajstić information content (AvgIpc) is 3.40. The van der Waals surface area contributed by atoms with Gasteiger partial charge < -0.3 is 9.40 Å². The quantitative estimate of drug-likeness (QED) is 0.131. The Kier molecular flexibility index (Phi) is 7.72. The average molecular weight is 819 g/mol. The van der Waals surface area contributed by atoms with E-state index in [1.54, 1.807) is 6.07 Å². The van der Waals surface area contributed by atoms with E-state index in [0.717, 1.165) is 43.9 Å². The molecule has 1 radical (unpaired) electrons. The Bertz CT molecular complexity index is 2270. The van der Waals surface area contributed by atoms with Crippen LogP contribution in [-0.2, 0) is 20.1 Å². The summed E-state index contributed by atoms with van der Waals surface area (Å²) >= 11 is -2.03. The molecule has 4 aromatic carbocycles. The number of benzene rings is 4. The minimum atomic E-state index is -2.31. The summed E-state index contributed by atoms with van der Waals surface area (Å²) < 4.78 is 46.8. The van der Waals surface area contributed by atoms with Gasteiger partial charge in [-0.25, -0.2) is 0 Å². The van der Waals surface area contributed by atoms with Crippen molar-refractivity contribution in [2.75, 3.05) is 0 Å². The molecule has 0 N–H and O–H groups in total. The second-order valence-corrected chi connectivity index (χ2v) is 22.5. The van der Waals surface area contributed by atoms with Crippen LogP contribution in [0.1, 0.15) is 37.7 Å². The predicted molar refractivity (Wildman–Crippen MR) is 184 cm³/mol. The summed E-state index contributed by atoms with van der Waals surface area (Å²) in [5.74, 6) is 6.45. The third kappa shape index (κ3) is 6.58. The van der Waals surface area contributed by atoms with Gasteiger partial charge in [-0.2, -0.15) is 0 Å². The smallest absolute Gasteiger partial charge is 0.121 e. The monoisotopic (exact) mass is 820 g/mol. The number of furan rings is 1. The summed E-state index contributed by atoms with van der Waals surface area (Å²) in [5.41, 5.74) is 5.35. The van der Waals surface area contributed by atoms with E-state index in [0.29, 0.717) is 16.8 Å². The van der Waals surface area contributed by atoms with E-state index in [1.165, 1.54) is 16.5 Å². The van der Waals surface area contributed by atoms with E-state index in [-0.39, 0.29) is 31.8 Å². The van der Waals surface area contributed by atoms with Crippen LogP contribution < -0.4 is 4.40 Å². The van der Waals surface area contributed by atoms with Crippen molar-refractivity contribution < 1.29 is 31.4 Å². The number of aryl methyl sites for hydroxylation is 1. The molecule has 0 saturated carbocycles. The van der Waals surface area contributed by atoms with Crippen LogP contribution in [0.4, 0.5) is 0 Å². The summed E-state index contributed by atoms with van der Waals surface area (Å²) in [5, 5.41) is 4.07. The van der Waals surface area contributed by atoms with Gasteiger partial charge in [0.2, 0.25) is 0 Å². The fourth-order valence-corrected chi connectivity index (χ4v) is 8.62. The first-order valence-electron chi connectivity index (χ1n) is 16.8. The Morgan fingerprint density at radius 1 is 0.841 bits per heavy atom. The molecule has 0 atom stereocenters. The van der Waals surface area contributed by atoms with Gasteiger partial charge in [0, 0.05) is 35.8 Å². The van der Waals surface area contributed by atoms with Crippen molar-refractivity contribution in [2.45, 2.75) is 43.9 Å². The van der Waals surface area contributed by atoms with Gasteiger partial charge in [0.05, 0.1) is 6.95 Å². The van der Waals surface area contributed by atoms with Crippen molar-refractivity contribution in [1.82, 2.24) is 9.97 Å². The molecule has 0 aliphatic carbocycles. The number of rotatable bonds is 4. The summed E-state index contributed by atoms with van der Waals surface area (Å²) in [6.45, 7) is 1.60. The number of pyridine rings is 2. The van der Waals surface area contributed by atoms with Gasteiger partial charge >= 0.3 is 120 Å². The summed E-state index contributed by atoms with van der Waals surface area (Å²) in [6.07, 6.45) is 1.90. The fourth-order valence-electron chi connectivity index (χ4n) is 5.30. The fraction of sp³-hybridized carbons (Fsp3) is 0.179. The van der Waals surface area contributed by atoms with Crippen LogP contribution in [0.25, 0.3) is 55.2 Å². The molecule has 7 rings (SSSR count). The van der Waals surface area contributed by atoms with Gasteiger partial charge in [-0.1, -0.05) is 46.8 Å². The van der Waals surface area contributed by atoms with Gasteiger partial charge in [-0.05, 0) is 41.5 Å². The third-order valence-corrected chi connectivity index (χ3v) is 11.7. The molecule has 0 fully saturated rings. The summed E-state index contributed by atoms with van der Waals surface area (Å²) in [7, 11) is 0. The first-order chi connectivity index (χ1) is 22.6. The number of fused-ring (bicyclic) bond motifs is 4. The Labute approximate surface area is 283 Å². The van der Waals surface area contributed by atoms with Crippen molar-refractivity contribution in [3.8, 4) is 22.5 Å². The molecule has 0 saturated heterocycles. The van der Waals surface area contributed by atoms with E-state index in [1.807, 2.05) is 74.6 Å². The minimum absolute atomic E-state index is 0. The Balaban J connectivity index is 0.000000199. The van der Waals surface area contributed by atoms with E-state index < -0.39 is 26.0 Å². The van der Waals surface area contributed by atoms with Crippen molar-refractivity contribution in [1.29, 1.82) is 0 Å². The zero-order valence-corrected chi connectivity index (χ0v) is 29.9. The van der Waals surface area contributed by atoms with E-state index in [9.17, 15) is 0 Å². The van der Waals surface area contributed by atoms with Gasteiger partial charge in [-0.3, -0.25) is 0 Å². The molecule has 0 amide bonds. The van der Waals surface area contributed by atoms with E-state index in [2.05, 4.69) is 57.6 Å². The second kappa shape index (κ2) is 13.2. The Morgan fingerprint density at radius 3 is 2.32 bits per heavy atom. The molecule has 0 unspecified atom stereocenters. The van der Waals surface area contributed by atoms with Crippen LogP contribution in [-0.4, -0.2) is 23.2 Å². The maximum atomic E-state index is 8.44. The first kappa shape index (κ1) is 25.7. The van der Waals surface area contributed by atoms with Crippen LogP contribution in [0, 0.1) is 19.0 Å². The van der Waals surface area contributed by atoms with Gasteiger partial charge in [0.25, 0.3) is 0 Å².